The van der Waals surface area contributed by atoms with Gasteiger partial charge in [0, 0.05) is 17.1 Å². The first-order valence-electron chi connectivity index (χ1n) is 9.65. The lowest BCUT2D eigenvalue weighted by molar-refractivity contribution is -0.129. The summed E-state index contributed by atoms with van der Waals surface area (Å²) in [7, 11) is 0. The Morgan fingerprint density at radius 3 is 2.24 bits per heavy atom. The molecule has 3 nitrogen and oxygen atoms in total. The van der Waals surface area contributed by atoms with Gasteiger partial charge in [-0.25, -0.2) is 0 Å². The summed E-state index contributed by atoms with van der Waals surface area (Å²) in [6.07, 6.45) is 0.713. The topological polar surface area (TPSA) is 40.5 Å². The molecule has 3 aromatic rings. The van der Waals surface area contributed by atoms with Crippen molar-refractivity contribution < 1.29 is 9.90 Å². The number of rotatable bonds is 5. The zero-order valence-corrected chi connectivity index (χ0v) is 16.9. The van der Waals surface area contributed by atoms with Crippen LogP contribution in [0.2, 0.25) is 5.02 Å². The molecular weight excluding hydrogens is 382 g/mol. The normalized spacial score (nSPS) is 16.6. The molecule has 0 radical (unpaired) electrons. The van der Waals surface area contributed by atoms with Crippen molar-refractivity contribution in [3.8, 4) is 0 Å². The second kappa shape index (κ2) is 8.14. The highest BCUT2D eigenvalue weighted by molar-refractivity contribution is 6.30. The first-order valence-corrected chi connectivity index (χ1v) is 10.0. The highest BCUT2D eigenvalue weighted by atomic mass is 35.5. The van der Waals surface area contributed by atoms with E-state index >= 15 is 0 Å². The van der Waals surface area contributed by atoms with Crippen LogP contribution in [0, 0.1) is 6.92 Å². The number of amides is 1. The number of hydrogen-bond acceptors (Lipinski definition) is 2. The molecule has 1 aliphatic heterocycles. The van der Waals surface area contributed by atoms with Crippen molar-refractivity contribution in [2.24, 2.45) is 0 Å². The Morgan fingerprint density at radius 2 is 1.59 bits per heavy atom. The summed E-state index contributed by atoms with van der Waals surface area (Å²) in [5.74, 6) is -0.515. The molecule has 1 heterocycles. The van der Waals surface area contributed by atoms with E-state index in [1.54, 1.807) is 4.90 Å². The lowest BCUT2D eigenvalue weighted by Gasteiger charge is -2.27. The van der Waals surface area contributed by atoms with Crippen LogP contribution in [0.4, 0.5) is 0 Å². The number of hydrogen-bond donors (Lipinski definition) is 1. The highest BCUT2D eigenvalue weighted by Gasteiger charge is 2.40. The summed E-state index contributed by atoms with van der Waals surface area (Å²) in [5.41, 5.74) is 4.70. The van der Waals surface area contributed by atoms with Crippen LogP contribution in [0.5, 0.6) is 0 Å². The van der Waals surface area contributed by atoms with E-state index in [-0.39, 0.29) is 17.7 Å². The van der Waals surface area contributed by atoms with Gasteiger partial charge in [-0.1, -0.05) is 83.9 Å². The number of carbonyl (C=O) groups excluding carboxylic acids is 1. The number of nitrogens with zero attached hydrogens (tertiary/aromatic N) is 1. The molecule has 0 spiro atoms. The summed E-state index contributed by atoms with van der Waals surface area (Å²) in [6, 6.07) is 25.1. The Labute approximate surface area is 175 Å². The van der Waals surface area contributed by atoms with Crippen LogP contribution in [0.15, 0.2) is 84.6 Å². The zero-order chi connectivity index (χ0) is 20.4. The Balaban J connectivity index is 1.73. The van der Waals surface area contributed by atoms with Crippen LogP contribution in [-0.2, 0) is 11.2 Å². The van der Waals surface area contributed by atoms with Crippen molar-refractivity contribution in [1.82, 2.24) is 4.90 Å². The van der Waals surface area contributed by atoms with Gasteiger partial charge in [0.25, 0.3) is 5.91 Å². The first kappa shape index (κ1) is 19.3. The maximum absolute atomic E-state index is 13.0. The van der Waals surface area contributed by atoms with Gasteiger partial charge >= 0.3 is 0 Å². The molecule has 0 saturated heterocycles. The van der Waals surface area contributed by atoms with E-state index in [9.17, 15) is 9.90 Å². The molecule has 1 amide bonds. The van der Waals surface area contributed by atoms with E-state index in [4.69, 9.17) is 11.6 Å². The Bertz CT molecular complexity index is 1040. The molecule has 0 saturated carbocycles. The first-order chi connectivity index (χ1) is 14.0. The van der Waals surface area contributed by atoms with E-state index in [1.165, 1.54) is 0 Å². The van der Waals surface area contributed by atoms with Gasteiger partial charge in [-0.3, -0.25) is 4.79 Å². The average Bonchev–Trinajstić information content (AvgIpc) is 2.99. The number of carbonyl (C=O) groups is 1. The smallest absolute Gasteiger partial charge is 0.289 e. The fraction of sp³-hybridized carbons (Fsp3) is 0.160. The van der Waals surface area contributed by atoms with Crippen LogP contribution in [-0.4, -0.2) is 22.5 Å². The summed E-state index contributed by atoms with van der Waals surface area (Å²) in [5, 5.41) is 11.4. The molecule has 0 aromatic heterocycles. The van der Waals surface area contributed by atoms with Gasteiger partial charge in [0.15, 0.2) is 5.76 Å². The molecule has 1 atom stereocenters. The van der Waals surface area contributed by atoms with Gasteiger partial charge in [0.05, 0.1) is 6.04 Å². The summed E-state index contributed by atoms with van der Waals surface area (Å²) < 4.78 is 0. The number of benzene rings is 3. The quantitative estimate of drug-likeness (QED) is 0.589. The molecule has 29 heavy (non-hydrogen) atoms. The maximum Gasteiger partial charge on any atom is 0.289 e. The summed E-state index contributed by atoms with van der Waals surface area (Å²) in [4.78, 5) is 14.8. The molecule has 0 unspecified atom stereocenters. The van der Waals surface area contributed by atoms with E-state index in [0.29, 0.717) is 23.6 Å². The van der Waals surface area contributed by atoms with Crippen molar-refractivity contribution in [3.05, 3.63) is 112 Å². The summed E-state index contributed by atoms with van der Waals surface area (Å²) >= 11 is 6.08. The van der Waals surface area contributed by atoms with Crippen LogP contribution < -0.4 is 0 Å². The predicted octanol–water partition coefficient (Wildman–Crippen LogP) is 5.74. The second-order valence-corrected chi connectivity index (χ2v) is 7.75. The molecule has 3 aromatic carbocycles. The van der Waals surface area contributed by atoms with Gasteiger partial charge in [-0.2, -0.15) is 0 Å². The average molecular weight is 404 g/mol. The number of aryl methyl sites for hydroxylation is 1. The van der Waals surface area contributed by atoms with Gasteiger partial charge in [0.2, 0.25) is 0 Å². The molecule has 1 N–H and O–H groups in total. The van der Waals surface area contributed by atoms with Crippen molar-refractivity contribution in [3.63, 3.8) is 0 Å². The SMILES string of the molecule is Cc1ccc(C2=C(O)C(=O)N(CCc3ccccc3)[C@H]2c2ccc(Cl)cc2)cc1. The van der Waals surface area contributed by atoms with Crippen LogP contribution in [0.3, 0.4) is 0 Å². The van der Waals surface area contributed by atoms with Crippen LogP contribution in [0.1, 0.15) is 28.3 Å². The van der Waals surface area contributed by atoms with E-state index < -0.39 is 0 Å². The molecule has 0 bridgehead atoms. The Kier molecular flexibility index (Phi) is 5.41. The number of halogens is 1. The summed E-state index contributed by atoms with van der Waals surface area (Å²) in [6.45, 7) is 2.52. The molecule has 4 heteroatoms. The lowest BCUT2D eigenvalue weighted by Crippen LogP contribution is -2.32. The number of aliphatic hydroxyl groups excluding tert-OH is 1. The third-order valence-corrected chi connectivity index (χ3v) is 5.59. The molecular formula is C25H22ClNO2. The van der Waals surface area contributed by atoms with Crippen molar-refractivity contribution >= 4 is 23.1 Å². The third kappa shape index (κ3) is 3.92. The maximum atomic E-state index is 13.0. The molecule has 1 aliphatic rings. The van der Waals surface area contributed by atoms with Gasteiger partial charge in [0.1, 0.15) is 0 Å². The minimum atomic E-state index is -0.355. The molecule has 4 rings (SSSR count). The van der Waals surface area contributed by atoms with Crippen LogP contribution in [0.25, 0.3) is 5.57 Å². The fourth-order valence-electron chi connectivity index (χ4n) is 3.80. The Hall–Kier alpha value is -3.04. The molecule has 0 aliphatic carbocycles. The number of aliphatic hydroxyl groups is 1. The minimum absolute atomic E-state index is 0.179. The fourth-order valence-corrected chi connectivity index (χ4v) is 3.92. The minimum Gasteiger partial charge on any atom is -0.503 e. The van der Waals surface area contributed by atoms with E-state index in [2.05, 4.69) is 0 Å². The monoisotopic (exact) mass is 403 g/mol. The van der Waals surface area contributed by atoms with Gasteiger partial charge in [-0.15, -0.1) is 0 Å². The van der Waals surface area contributed by atoms with Crippen molar-refractivity contribution in [2.75, 3.05) is 6.54 Å². The van der Waals surface area contributed by atoms with Crippen molar-refractivity contribution in [1.29, 1.82) is 0 Å². The van der Waals surface area contributed by atoms with E-state index in [1.807, 2.05) is 85.8 Å². The lowest BCUT2D eigenvalue weighted by atomic mass is 9.93. The van der Waals surface area contributed by atoms with E-state index in [0.717, 1.165) is 22.3 Å². The molecule has 0 fully saturated rings. The van der Waals surface area contributed by atoms with Gasteiger partial charge in [-0.05, 0) is 42.2 Å². The van der Waals surface area contributed by atoms with Crippen molar-refractivity contribution in [2.45, 2.75) is 19.4 Å². The predicted molar refractivity (Wildman–Crippen MR) is 117 cm³/mol. The second-order valence-electron chi connectivity index (χ2n) is 7.32. The zero-order valence-electron chi connectivity index (χ0n) is 16.2. The van der Waals surface area contributed by atoms with Crippen LogP contribution >= 0.6 is 11.6 Å². The highest BCUT2D eigenvalue weighted by Crippen LogP contribution is 2.43. The Morgan fingerprint density at radius 1 is 0.931 bits per heavy atom. The largest absolute Gasteiger partial charge is 0.503 e. The standard InChI is InChI=1S/C25H22ClNO2/c1-17-7-9-19(10-8-17)22-23(20-11-13-21(26)14-12-20)27(25(29)24(22)28)16-15-18-5-3-2-4-6-18/h2-14,23,28H,15-16H2,1H3/t23-/m0/s1. The molecule has 146 valence electrons. The third-order valence-electron chi connectivity index (χ3n) is 5.34. The van der Waals surface area contributed by atoms with Gasteiger partial charge < -0.3 is 10.0 Å².